The molecule has 1 aromatic carbocycles. The lowest BCUT2D eigenvalue weighted by atomic mass is 9.98. The predicted octanol–water partition coefficient (Wildman–Crippen LogP) is 4.17. The third-order valence-electron chi connectivity index (χ3n) is 3.12. The van der Waals surface area contributed by atoms with Crippen molar-refractivity contribution < 1.29 is 9.90 Å². The standard InChI is InChI=1S/C13H15Cl2NO2S/c14-10-6-9(7-11(15)13(10)18)16-12(17)5-8-1-3-19-4-2-8/h6-8,18H,1-5H2,(H,16,17). The van der Waals surface area contributed by atoms with Gasteiger partial charge in [0, 0.05) is 12.1 Å². The molecule has 1 saturated heterocycles. The van der Waals surface area contributed by atoms with E-state index in [0.29, 0.717) is 18.0 Å². The summed E-state index contributed by atoms with van der Waals surface area (Å²) >= 11 is 13.6. The van der Waals surface area contributed by atoms with Gasteiger partial charge in [-0.3, -0.25) is 4.79 Å². The lowest BCUT2D eigenvalue weighted by molar-refractivity contribution is -0.117. The van der Waals surface area contributed by atoms with Crippen LogP contribution < -0.4 is 5.32 Å². The van der Waals surface area contributed by atoms with Crippen LogP contribution in [0.3, 0.4) is 0 Å². The normalized spacial score (nSPS) is 16.3. The first-order valence-corrected chi connectivity index (χ1v) is 8.03. The Bertz CT molecular complexity index is 453. The van der Waals surface area contributed by atoms with E-state index in [0.717, 1.165) is 24.3 Å². The summed E-state index contributed by atoms with van der Waals surface area (Å²) < 4.78 is 0. The molecule has 1 aliphatic heterocycles. The highest BCUT2D eigenvalue weighted by atomic mass is 35.5. The van der Waals surface area contributed by atoms with E-state index in [1.807, 2.05) is 11.8 Å². The molecule has 0 atom stereocenters. The molecule has 19 heavy (non-hydrogen) atoms. The Morgan fingerprint density at radius 1 is 1.32 bits per heavy atom. The number of nitrogens with one attached hydrogen (secondary N) is 1. The van der Waals surface area contributed by atoms with Gasteiger partial charge in [0.05, 0.1) is 10.0 Å². The zero-order chi connectivity index (χ0) is 13.8. The molecule has 104 valence electrons. The van der Waals surface area contributed by atoms with Crippen molar-refractivity contribution in [1.82, 2.24) is 0 Å². The summed E-state index contributed by atoms with van der Waals surface area (Å²) in [5.74, 6) is 2.54. The van der Waals surface area contributed by atoms with Gasteiger partial charge in [-0.2, -0.15) is 11.8 Å². The second-order valence-electron chi connectivity index (χ2n) is 4.60. The van der Waals surface area contributed by atoms with Crippen molar-refractivity contribution in [2.24, 2.45) is 5.92 Å². The van der Waals surface area contributed by atoms with Gasteiger partial charge in [-0.05, 0) is 42.4 Å². The van der Waals surface area contributed by atoms with Crippen molar-refractivity contribution in [1.29, 1.82) is 0 Å². The van der Waals surface area contributed by atoms with E-state index in [4.69, 9.17) is 23.2 Å². The van der Waals surface area contributed by atoms with Gasteiger partial charge in [-0.25, -0.2) is 0 Å². The van der Waals surface area contributed by atoms with E-state index in [1.54, 1.807) is 0 Å². The molecular formula is C13H15Cl2NO2S. The zero-order valence-electron chi connectivity index (χ0n) is 10.3. The van der Waals surface area contributed by atoms with Gasteiger partial charge in [0.1, 0.15) is 0 Å². The van der Waals surface area contributed by atoms with Crippen molar-refractivity contribution in [3.05, 3.63) is 22.2 Å². The number of phenolic OH excluding ortho intramolecular Hbond substituents is 1. The highest BCUT2D eigenvalue weighted by Crippen LogP contribution is 2.34. The Morgan fingerprint density at radius 3 is 2.47 bits per heavy atom. The molecule has 1 amide bonds. The van der Waals surface area contributed by atoms with E-state index in [1.165, 1.54) is 12.1 Å². The first-order valence-electron chi connectivity index (χ1n) is 6.12. The number of thioether (sulfide) groups is 1. The summed E-state index contributed by atoms with van der Waals surface area (Å²) in [5.41, 5.74) is 0.517. The van der Waals surface area contributed by atoms with E-state index < -0.39 is 0 Å². The number of aromatic hydroxyl groups is 1. The fourth-order valence-corrected chi connectivity index (χ4v) is 3.75. The van der Waals surface area contributed by atoms with E-state index >= 15 is 0 Å². The lowest BCUT2D eigenvalue weighted by Gasteiger charge is -2.20. The number of rotatable bonds is 3. The maximum absolute atomic E-state index is 11.9. The quantitative estimate of drug-likeness (QED) is 0.822. The molecular weight excluding hydrogens is 305 g/mol. The molecule has 2 rings (SSSR count). The van der Waals surface area contributed by atoms with Crippen LogP contribution >= 0.6 is 35.0 Å². The van der Waals surface area contributed by atoms with Crippen LogP contribution in [0.25, 0.3) is 0 Å². The summed E-state index contributed by atoms with van der Waals surface area (Å²) in [5, 5.41) is 12.5. The Kier molecular flexibility index (Phi) is 5.25. The van der Waals surface area contributed by atoms with Gasteiger partial charge in [-0.15, -0.1) is 0 Å². The third-order valence-corrected chi connectivity index (χ3v) is 4.74. The number of benzene rings is 1. The van der Waals surface area contributed by atoms with Gasteiger partial charge in [0.2, 0.25) is 5.91 Å². The molecule has 0 saturated carbocycles. The number of anilines is 1. The van der Waals surface area contributed by atoms with Crippen molar-refractivity contribution in [2.75, 3.05) is 16.8 Å². The Balaban J connectivity index is 1.94. The van der Waals surface area contributed by atoms with E-state index in [-0.39, 0.29) is 21.7 Å². The molecule has 0 aromatic heterocycles. The van der Waals surface area contributed by atoms with Gasteiger partial charge in [0.15, 0.2) is 5.75 Å². The number of hydrogen-bond donors (Lipinski definition) is 2. The number of hydrogen-bond acceptors (Lipinski definition) is 3. The summed E-state index contributed by atoms with van der Waals surface area (Å²) in [6, 6.07) is 2.99. The SMILES string of the molecule is O=C(CC1CCSCC1)Nc1cc(Cl)c(O)c(Cl)c1. The van der Waals surface area contributed by atoms with Crippen LogP contribution in [-0.4, -0.2) is 22.5 Å². The maximum Gasteiger partial charge on any atom is 0.224 e. The van der Waals surface area contributed by atoms with Crippen LogP contribution in [0.4, 0.5) is 5.69 Å². The fraction of sp³-hybridized carbons (Fsp3) is 0.462. The molecule has 0 spiro atoms. The van der Waals surface area contributed by atoms with Crippen LogP contribution in [0.5, 0.6) is 5.75 Å². The first kappa shape index (κ1) is 14.8. The van der Waals surface area contributed by atoms with E-state index in [9.17, 15) is 9.90 Å². The molecule has 0 bridgehead atoms. The van der Waals surface area contributed by atoms with Crippen LogP contribution in [-0.2, 0) is 4.79 Å². The molecule has 1 fully saturated rings. The Hall–Kier alpha value is -0.580. The van der Waals surface area contributed by atoms with Crippen LogP contribution in [0.2, 0.25) is 10.0 Å². The summed E-state index contributed by atoms with van der Waals surface area (Å²) in [6.07, 6.45) is 2.71. The average Bonchev–Trinajstić information content (AvgIpc) is 2.37. The summed E-state index contributed by atoms with van der Waals surface area (Å²) in [4.78, 5) is 11.9. The van der Waals surface area contributed by atoms with Crippen LogP contribution in [0.1, 0.15) is 19.3 Å². The largest absolute Gasteiger partial charge is 0.505 e. The molecule has 0 aliphatic carbocycles. The minimum atomic E-state index is -0.161. The van der Waals surface area contributed by atoms with Crippen molar-refractivity contribution in [3.8, 4) is 5.75 Å². The van der Waals surface area contributed by atoms with Crippen LogP contribution in [0, 0.1) is 5.92 Å². The first-order chi connectivity index (χ1) is 9.06. The predicted molar refractivity (Wildman–Crippen MR) is 81.4 cm³/mol. The fourth-order valence-electron chi connectivity index (χ4n) is 2.06. The monoisotopic (exact) mass is 319 g/mol. The molecule has 3 nitrogen and oxygen atoms in total. The number of carbonyl (C=O) groups is 1. The summed E-state index contributed by atoms with van der Waals surface area (Å²) in [6.45, 7) is 0. The molecule has 6 heteroatoms. The van der Waals surface area contributed by atoms with Gasteiger partial charge >= 0.3 is 0 Å². The molecule has 1 heterocycles. The molecule has 0 unspecified atom stereocenters. The van der Waals surface area contributed by atoms with Gasteiger partial charge in [0.25, 0.3) is 0 Å². The molecule has 1 aliphatic rings. The summed E-state index contributed by atoms with van der Waals surface area (Å²) in [7, 11) is 0. The van der Waals surface area contributed by atoms with Crippen LogP contribution in [0.15, 0.2) is 12.1 Å². The number of halogens is 2. The van der Waals surface area contributed by atoms with Gasteiger partial charge < -0.3 is 10.4 Å². The van der Waals surface area contributed by atoms with Crippen molar-refractivity contribution in [3.63, 3.8) is 0 Å². The Labute approximate surface area is 126 Å². The number of carbonyl (C=O) groups excluding carboxylic acids is 1. The Morgan fingerprint density at radius 2 is 1.89 bits per heavy atom. The average molecular weight is 320 g/mol. The molecule has 0 radical (unpaired) electrons. The lowest BCUT2D eigenvalue weighted by Crippen LogP contribution is -2.19. The minimum absolute atomic E-state index is 0.0327. The molecule has 2 N–H and O–H groups in total. The van der Waals surface area contributed by atoms with E-state index in [2.05, 4.69) is 5.32 Å². The topological polar surface area (TPSA) is 49.3 Å². The third kappa shape index (κ3) is 4.20. The van der Waals surface area contributed by atoms with Crippen molar-refractivity contribution >= 4 is 46.6 Å². The zero-order valence-corrected chi connectivity index (χ0v) is 12.6. The number of phenols is 1. The number of amides is 1. The maximum atomic E-state index is 11.9. The second kappa shape index (κ2) is 6.73. The smallest absolute Gasteiger partial charge is 0.224 e. The van der Waals surface area contributed by atoms with Crippen molar-refractivity contribution in [2.45, 2.75) is 19.3 Å². The second-order valence-corrected chi connectivity index (χ2v) is 6.64. The highest BCUT2D eigenvalue weighted by Gasteiger charge is 2.17. The van der Waals surface area contributed by atoms with Gasteiger partial charge in [-0.1, -0.05) is 23.2 Å². The minimum Gasteiger partial charge on any atom is -0.505 e. The highest BCUT2D eigenvalue weighted by molar-refractivity contribution is 7.99. The molecule has 1 aromatic rings.